The third kappa shape index (κ3) is 3.09. The summed E-state index contributed by atoms with van der Waals surface area (Å²) < 4.78 is 8.33. The molecule has 2 heterocycles. The highest BCUT2D eigenvalue weighted by atomic mass is 16.5. The van der Waals surface area contributed by atoms with Crippen molar-refractivity contribution in [1.82, 2.24) is 9.55 Å². The van der Waals surface area contributed by atoms with Gasteiger partial charge in [0.25, 0.3) is 0 Å². The Kier molecular flexibility index (Phi) is 3.98. The van der Waals surface area contributed by atoms with Crippen molar-refractivity contribution in [2.24, 2.45) is 0 Å². The summed E-state index contributed by atoms with van der Waals surface area (Å²) in [5.41, 5.74) is 11.1. The molecule has 0 amide bonds. The number of fused-ring (bicyclic) bond motifs is 3. The molecule has 0 saturated carbocycles. The Morgan fingerprint density at radius 3 is 2.41 bits per heavy atom. The Hall–Kier alpha value is -3.79. The van der Waals surface area contributed by atoms with Crippen molar-refractivity contribution in [1.29, 1.82) is 0 Å². The van der Waals surface area contributed by atoms with Gasteiger partial charge in [0.05, 0.1) is 11.0 Å². The highest BCUT2D eigenvalue weighted by Gasteiger charge is 2.14. The first-order valence-electron chi connectivity index (χ1n) is 9.60. The molecule has 5 rings (SSSR count). The molecule has 0 aliphatic carbocycles. The second-order valence-electron chi connectivity index (χ2n) is 7.40. The van der Waals surface area contributed by atoms with Gasteiger partial charge in [0.1, 0.15) is 17.3 Å². The van der Waals surface area contributed by atoms with E-state index in [1.165, 1.54) is 16.3 Å². The largest absolute Gasteiger partial charge is 0.457 e. The second kappa shape index (κ2) is 6.67. The molecule has 0 fully saturated rings. The monoisotopic (exact) mass is 379 g/mol. The van der Waals surface area contributed by atoms with Gasteiger partial charge in [-0.3, -0.25) is 4.57 Å². The normalized spacial score (nSPS) is 11.2. The van der Waals surface area contributed by atoms with E-state index in [-0.39, 0.29) is 0 Å². The van der Waals surface area contributed by atoms with E-state index in [0.717, 1.165) is 33.9 Å². The number of aryl methyl sites for hydroxylation is 2. The number of para-hydroxylation sites is 1. The van der Waals surface area contributed by atoms with Gasteiger partial charge in [0, 0.05) is 34.8 Å². The fourth-order valence-corrected chi connectivity index (χ4v) is 3.87. The zero-order valence-corrected chi connectivity index (χ0v) is 16.4. The first-order valence-corrected chi connectivity index (χ1v) is 9.60. The van der Waals surface area contributed by atoms with Gasteiger partial charge >= 0.3 is 0 Å². The molecule has 0 unspecified atom stereocenters. The van der Waals surface area contributed by atoms with Crippen molar-refractivity contribution >= 4 is 27.5 Å². The molecule has 0 spiro atoms. The molecule has 2 N–H and O–H groups in total. The van der Waals surface area contributed by atoms with E-state index in [1.54, 1.807) is 0 Å². The molecule has 3 aromatic carbocycles. The summed E-state index contributed by atoms with van der Waals surface area (Å²) in [5.74, 6) is 2.39. The van der Waals surface area contributed by atoms with Crippen LogP contribution in [0.4, 0.5) is 5.69 Å². The number of anilines is 1. The smallest absolute Gasteiger partial charge is 0.137 e. The molecule has 2 aromatic heterocycles. The standard InChI is InChI=1S/C25H21N3O/c1-16-9-10-27-25(13-16)28-23-6-4-3-5-21(23)22-8-7-19(15-24(22)28)29-20-12-17(2)11-18(26)14-20/h3-15H,26H2,1-2H3. The molecular weight excluding hydrogens is 358 g/mol. The van der Waals surface area contributed by atoms with Crippen molar-refractivity contribution in [2.45, 2.75) is 13.8 Å². The molecular formula is C25H21N3O. The summed E-state index contributed by atoms with van der Waals surface area (Å²) >= 11 is 0. The van der Waals surface area contributed by atoms with E-state index < -0.39 is 0 Å². The van der Waals surface area contributed by atoms with Crippen LogP contribution in [0.2, 0.25) is 0 Å². The highest BCUT2D eigenvalue weighted by molar-refractivity contribution is 6.09. The quantitative estimate of drug-likeness (QED) is 0.381. The first-order chi connectivity index (χ1) is 14.1. The zero-order chi connectivity index (χ0) is 20.0. The number of nitrogens with two attached hydrogens (primary N) is 1. The second-order valence-corrected chi connectivity index (χ2v) is 7.40. The van der Waals surface area contributed by atoms with Crippen LogP contribution in [0.25, 0.3) is 27.6 Å². The Labute approximate surface area is 169 Å². The number of hydrogen-bond acceptors (Lipinski definition) is 3. The van der Waals surface area contributed by atoms with Gasteiger partial charge < -0.3 is 10.5 Å². The van der Waals surface area contributed by atoms with E-state index in [0.29, 0.717) is 5.69 Å². The highest BCUT2D eigenvalue weighted by Crippen LogP contribution is 2.35. The average molecular weight is 379 g/mol. The summed E-state index contributed by atoms with van der Waals surface area (Å²) in [6.07, 6.45) is 1.85. The van der Waals surface area contributed by atoms with Crippen molar-refractivity contribution in [2.75, 3.05) is 5.73 Å². The molecule has 0 atom stereocenters. The summed E-state index contributed by atoms with van der Waals surface area (Å²) in [5, 5.41) is 2.36. The van der Waals surface area contributed by atoms with Crippen LogP contribution in [0, 0.1) is 13.8 Å². The minimum absolute atomic E-state index is 0.694. The predicted molar refractivity (Wildman–Crippen MR) is 119 cm³/mol. The number of hydrogen-bond donors (Lipinski definition) is 1. The van der Waals surface area contributed by atoms with E-state index in [9.17, 15) is 0 Å². The number of benzene rings is 3. The zero-order valence-electron chi connectivity index (χ0n) is 16.4. The Balaban J connectivity index is 1.72. The van der Waals surface area contributed by atoms with Crippen LogP contribution in [0.15, 0.2) is 79.0 Å². The predicted octanol–water partition coefficient (Wildman–Crippen LogP) is 6.17. The fourth-order valence-electron chi connectivity index (χ4n) is 3.87. The van der Waals surface area contributed by atoms with Crippen LogP contribution in [0.3, 0.4) is 0 Å². The van der Waals surface area contributed by atoms with Gasteiger partial charge in [-0.25, -0.2) is 4.98 Å². The molecule has 5 aromatic rings. The van der Waals surface area contributed by atoms with E-state index in [2.05, 4.69) is 58.9 Å². The van der Waals surface area contributed by atoms with Gasteiger partial charge in [-0.15, -0.1) is 0 Å². The molecule has 29 heavy (non-hydrogen) atoms. The van der Waals surface area contributed by atoms with Crippen molar-refractivity contribution in [3.8, 4) is 17.3 Å². The van der Waals surface area contributed by atoms with E-state index in [1.807, 2.05) is 43.5 Å². The van der Waals surface area contributed by atoms with Crippen molar-refractivity contribution in [3.05, 3.63) is 90.1 Å². The Morgan fingerprint density at radius 2 is 1.59 bits per heavy atom. The Bertz CT molecular complexity index is 1350. The summed E-state index contributed by atoms with van der Waals surface area (Å²) in [4.78, 5) is 4.62. The SMILES string of the molecule is Cc1cc(N)cc(Oc2ccc3c4ccccc4n(-c4cc(C)ccn4)c3c2)c1. The molecule has 0 aliphatic heterocycles. The van der Waals surface area contributed by atoms with Gasteiger partial charge in [-0.05, 0) is 67.4 Å². The summed E-state index contributed by atoms with van der Waals surface area (Å²) in [6.45, 7) is 4.09. The van der Waals surface area contributed by atoms with Crippen LogP contribution >= 0.6 is 0 Å². The lowest BCUT2D eigenvalue weighted by molar-refractivity contribution is 0.483. The van der Waals surface area contributed by atoms with Crippen molar-refractivity contribution in [3.63, 3.8) is 0 Å². The van der Waals surface area contributed by atoms with Gasteiger partial charge in [0.15, 0.2) is 0 Å². The number of rotatable bonds is 3. The van der Waals surface area contributed by atoms with Crippen molar-refractivity contribution < 1.29 is 4.74 Å². The molecule has 142 valence electrons. The number of nitrogens with zero attached hydrogens (tertiary/aromatic N) is 2. The van der Waals surface area contributed by atoms with Crippen LogP contribution < -0.4 is 10.5 Å². The molecule has 0 radical (unpaired) electrons. The maximum absolute atomic E-state index is 6.14. The average Bonchev–Trinajstić information content (AvgIpc) is 3.01. The first kappa shape index (κ1) is 17.3. The maximum Gasteiger partial charge on any atom is 0.137 e. The number of aromatic nitrogens is 2. The van der Waals surface area contributed by atoms with Crippen LogP contribution in [-0.2, 0) is 0 Å². The number of pyridine rings is 1. The molecule has 0 saturated heterocycles. The van der Waals surface area contributed by atoms with E-state index >= 15 is 0 Å². The topological polar surface area (TPSA) is 53.1 Å². The summed E-state index contributed by atoms with van der Waals surface area (Å²) in [6, 6.07) is 24.4. The van der Waals surface area contributed by atoms with Crippen LogP contribution in [-0.4, -0.2) is 9.55 Å². The van der Waals surface area contributed by atoms with E-state index in [4.69, 9.17) is 10.5 Å². The van der Waals surface area contributed by atoms with Crippen LogP contribution in [0.1, 0.15) is 11.1 Å². The number of ether oxygens (including phenoxy) is 1. The fraction of sp³-hybridized carbons (Fsp3) is 0.0800. The van der Waals surface area contributed by atoms with Crippen LogP contribution in [0.5, 0.6) is 11.5 Å². The molecule has 4 heteroatoms. The molecule has 4 nitrogen and oxygen atoms in total. The molecule has 0 aliphatic rings. The lowest BCUT2D eigenvalue weighted by Crippen LogP contribution is -1.97. The minimum Gasteiger partial charge on any atom is -0.457 e. The molecule has 0 bridgehead atoms. The third-order valence-corrected chi connectivity index (χ3v) is 5.08. The maximum atomic E-state index is 6.14. The lowest BCUT2D eigenvalue weighted by Gasteiger charge is -2.10. The third-order valence-electron chi connectivity index (χ3n) is 5.08. The lowest BCUT2D eigenvalue weighted by atomic mass is 10.1. The van der Waals surface area contributed by atoms with Gasteiger partial charge in [-0.2, -0.15) is 0 Å². The Morgan fingerprint density at radius 1 is 0.759 bits per heavy atom. The van der Waals surface area contributed by atoms with Gasteiger partial charge in [0.2, 0.25) is 0 Å². The summed E-state index contributed by atoms with van der Waals surface area (Å²) in [7, 11) is 0. The van der Waals surface area contributed by atoms with Gasteiger partial charge in [-0.1, -0.05) is 18.2 Å². The number of nitrogen functional groups attached to an aromatic ring is 1. The minimum atomic E-state index is 0.694.